The number of rotatable bonds is 4. The number of carbonyl (C=O) groups is 2. The van der Waals surface area contributed by atoms with Crippen molar-refractivity contribution in [3.05, 3.63) is 81.5 Å². The first kappa shape index (κ1) is 22.2. The number of aryl methyl sites for hydroxylation is 2. The number of hydrogen-bond donors (Lipinski definition) is 0. The van der Waals surface area contributed by atoms with Crippen molar-refractivity contribution in [2.75, 3.05) is 7.11 Å². The van der Waals surface area contributed by atoms with E-state index in [9.17, 15) is 9.59 Å². The number of pyridine rings is 1. The smallest absolute Gasteiger partial charge is 0.325 e. The molecule has 34 heavy (non-hydrogen) atoms. The van der Waals surface area contributed by atoms with Crippen LogP contribution in [0.4, 0.5) is 0 Å². The number of nitrogens with zero attached hydrogens (tertiary/aromatic N) is 3. The monoisotopic (exact) mass is 487 g/mol. The summed E-state index contributed by atoms with van der Waals surface area (Å²) in [6, 6.07) is 17.4. The van der Waals surface area contributed by atoms with Gasteiger partial charge in [-0.1, -0.05) is 41.7 Å². The highest BCUT2D eigenvalue weighted by molar-refractivity contribution is 7.16. The Morgan fingerprint density at radius 2 is 1.91 bits per heavy atom. The molecule has 2 aromatic carbocycles. The van der Waals surface area contributed by atoms with Gasteiger partial charge in [0.1, 0.15) is 6.54 Å². The van der Waals surface area contributed by atoms with E-state index in [1.54, 1.807) is 22.0 Å². The van der Waals surface area contributed by atoms with Crippen LogP contribution in [0.25, 0.3) is 31.7 Å². The number of esters is 1. The predicted molar refractivity (Wildman–Crippen MR) is 136 cm³/mol. The van der Waals surface area contributed by atoms with Gasteiger partial charge < -0.3 is 9.30 Å². The van der Waals surface area contributed by atoms with Gasteiger partial charge in [-0.15, -0.1) is 11.3 Å². The Balaban J connectivity index is 1.73. The molecule has 0 fully saturated rings. The molecule has 6 nitrogen and oxygen atoms in total. The first-order valence-electron chi connectivity index (χ1n) is 10.6. The van der Waals surface area contributed by atoms with E-state index in [0.29, 0.717) is 10.4 Å². The minimum absolute atomic E-state index is 0.0238. The maximum atomic E-state index is 13.6. The van der Waals surface area contributed by atoms with Gasteiger partial charge in [0.2, 0.25) is 0 Å². The average Bonchev–Trinajstić information content (AvgIpc) is 3.47. The molecule has 0 N–H and O–H groups in total. The number of para-hydroxylation sites is 1. The summed E-state index contributed by atoms with van der Waals surface area (Å²) in [5.41, 5.74) is 4.94. The Morgan fingerprint density at radius 3 is 2.68 bits per heavy atom. The zero-order chi connectivity index (χ0) is 23.8. The fourth-order valence-corrected chi connectivity index (χ4v) is 5.96. The summed E-state index contributed by atoms with van der Waals surface area (Å²) >= 11 is 2.96. The molecule has 8 heteroatoms. The third kappa shape index (κ3) is 4.06. The number of ether oxygens (including phenoxy) is 1. The number of benzene rings is 2. The van der Waals surface area contributed by atoms with Crippen molar-refractivity contribution in [2.24, 2.45) is 4.99 Å². The summed E-state index contributed by atoms with van der Waals surface area (Å²) in [7, 11) is 1.35. The molecule has 3 aromatic heterocycles. The number of carbonyl (C=O) groups excluding carboxylic acids is 2. The van der Waals surface area contributed by atoms with Gasteiger partial charge in [-0.3, -0.25) is 9.59 Å². The molecule has 0 aliphatic carbocycles. The number of methoxy groups -OCH3 is 1. The van der Waals surface area contributed by atoms with Crippen molar-refractivity contribution in [1.29, 1.82) is 0 Å². The molecule has 0 unspecified atom stereocenters. The lowest BCUT2D eigenvalue weighted by Gasteiger charge is -2.08. The Labute approximate surface area is 203 Å². The second kappa shape index (κ2) is 8.96. The molecule has 0 saturated carbocycles. The van der Waals surface area contributed by atoms with Gasteiger partial charge in [0.25, 0.3) is 5.91 Å². The highest BCUT2D eigenvalue weighted by atomic mass is 32.1. The third-order valence-electron chi connectivity index (χ3n) is 5.54. The quantitative estimate of drug-likeness (QED) is 0.313. The molecule has 0 atom stereocenters. The molecule has 0 saturated heterocycles. The predicted octanol–water partition coefficient (Wildman–Crippen LogP) is 5.51. The molecule has 170 valence electrons. The molecular weight excluding hydrogens is 466 g/mol. The van der Waals surface area contributed by atoms with Gasteiger partial charge in [-0.2, -0.15) is 4.99 Å². The van der Waals surface area contributed by atoms with Gasteiger partial charge in [0.15, 0.2) is 4.80 Å². The number of hydrogen-bond acceptors (Lipinski definition) is 6. The molecule has 1 amide bonds. The van der Waals surface area contributed by atoms with E-state index < -0.39 is 5.97 Å². The summed E-state index contributed by atoms with van der Waals surface area (Å²) in [6.45, 7) is 3.99. The number of amides is 1. The molecule has 5 aromatic rings. The third-order valence-corrected chi connectivity index (χ3v) is 7.46. The molecule has 0 aliphatic heterocycles. The highest BCUT2D eigenvalue weighted by Gasteiger charge is 2.17. The van der Waals surface area contributed by atoms with E-state index in [1.165, 1.54) is 18.4 Å². The molecule has 5 rings (SSSR count). The molecule has 0 spiro atoms. The van der Waals surface area contributed by atoms with Crippen LogP contribution < -0.4 is 4.80 Å². The SMILES string of the molecule is COC(=O)Cn1c(=NC(=O)c2cc(-c3cccs3)nc3ccccc23)sc2cc(C)cc(C)c21. The Morgan fingerprint density at radius 1 is 1.09 bits per heavy atom. The van der Waals surface area contributed by atoms with E-state index in [2.05, 4.69) is 11.1 Å². The second-order valence-corrected chi connectivity index (χ2v) is 9.90. The largest absolute Gasteiger partial charge is 0.468 e. The number of fused-ring (bicyclic) bond motifs is 2. The Bertz CT molecular complexity index is 1630. The first-order chi connectivity index (χ1) is 16.4. The van der Waals surface area contributed by atoms with Crippen molar-refractivity contribution in [1.82, 2.24) is 9.55 Å². The molecule has 0 bridgehead atoms. The van der Waals surface area contributed by atoms with Crippen LogP contribution >= 0.6 is 22.7 Å². The zero-order valence-corrected chi connectivity index (χ0v) is 20.5. The van der Waals surface area contributed by atoms with Gasteiger partial charge in [0, 0.05) is 5.39 Å². The van der Waals surface area contributed by atoms with Gasteiger partial charge in [0.05, 0.1) is 39.0 Å². The lowest BCUT2D eigenvalue weighted by molar-refractivity contribution is -0.141. The van der Waals surface area contributed by atoms with Gasteiger partial charge in [-0.05, 0) is 54.6 Å². The first-order valence-corrected chi connectivity index (χ1v) is 12.3. The maximum absolute atomic E-state index is 13.6. The molecule has 0 aliphatic rings. The van der Waals surface area contributed by atoms with Crippen LogP contribution in [0.3, 0.4) is 0 Å². The van der Waals surface area contributed by atoms with Crippen LogP contribution in [0, 0.1) is 13.8 Å². The highest BCUT2D eigenvalue weighted by Crippen LogP contribution is 2.28. The van der Waals surface area contributed by atoms with Crippen molar-refractivity contribution >= 4 is 55.7 Å². The van der Waals surface area contributed by atoms with Crippen LogP contribution in [-0.2, 0) is 16.1 Å². The number of thiophene rings is 1. The summed E-state index contributed by atoms with van der Waals surface area (Å²) in [5, 5.41) is 2.72. The van der Waals surface area contributed by atoms with E-state index in [4.69, 9.17) is 9.72 Å². The Kier molecular flexibility index (Phi) is 5.85. The lowest BCUT2D eigenvalue weighted by atomic mass is 10.1. The molecule has 3 heterocycles. The minimum Gasteiger partial charge on any atom is -0.468 e. The average molecular weight is 488 g/mol. The van der Waals surface area contributed by atoms with E-state index in [1.807, 2.05) is 61.7 Å². The standard InChI is InChI=1S/C26H21N3O3S2/c1-15-11-16(2)24-22(12-15)34-26(29(24)14-23(30)32-3)28-25(31)18-13-20(21-9-6-10-33-21)27-19-8-5-4-7-17(18)19/h4-13H,14H2,1-3H3. The van der Waals surface area contributed by atoms with Crippen molar-refractivity contribution in [3.63, 3.8) is 0 Å². The Hall–Kier alpha value is -3.62. The number of aromatic nitrogens is 2. The fourth-order valence-electron chi connectivity index (χ4n) is 4.07. The van der Waals surface area contributed by atoms with Crippen molar-refractivity contribution < 1.29 is 14.3 Å². The normalized spacial score (nSPS) is 11.9. The number of thiazole rings is 1. The zero-order valence-electron chi connectivity index (χ0n) is 18.9. The lowest BCUT2D eigenvalue weighted by Crippen LogP contribution is -2.22. The van der Waals surface area contributed by atoms with Crippen LogP contribution in [0.15, 0.2) is 65.0 Å². The van der Waals surface area contributed by atoms with E-state index in [-0.39, 0.29) is 12.5 Å². The fraction of sp³-hybridized carbons (Fsp3) is 0.154. The summed E-state index contributed by atoms with van der Waals surface area (Å²) in [4.78, 5) is 36.4. The summed E-state index contributed by atoms with van der Waals surface area (Å²) in [5.74, 6) is -0.779. The van der Waals surface area contributed by atoms with E-state index in [0.717, 1.165) is 42.8 Å². The van der Waals surface area contributed by atoms with Crippen LogP contribution in [0.1, 0.15) is 21.5 Å². The van der Waals surface area contributed by atoms with E-state index >= 15 is 0 Å². The van der Waals surface area contributed by atoms with Crippen molar-refractivity contribution in [2.45, 2.75) is 20.4 Å². The summed E-state index contributed by atoms with van der Waals surface area (Å²) < 4.78 is 7.64. The van der Waals surface area contributed by atoms with Crippen molar-refractivity contribution in [3.8, 4) is 10.6 Å². The van der Waals surface area contributed by atoms with Gasteiger partial charge in [-0.25, -0.2) is 4.98 Å². The maximum Gasteiger partial charge on any atom is 0.325 e. The summed E-state index contributed by atoms with van der Waals surface area (Å²) in [6.07, 6.45) is 0. The van der Waals surface area contributed by atoms with Gasteiger partial charge >= 0.3 is 5.97 Å². The molecule has 0 radical (unpaired) electrons. The topological polar surface area (TPSA) is 73.6 Å². The minimum atomic E-state index is -0.400. The second-order valence-electron chi connectivity index (χ2n) is 7.94. The van der Waals surface area contributed by atoms with Crippen LogP contribution in [-0.4, -0.2) is 28.5 Å². The van der Waals surface area contributed by atoms with Crippen LogP contribution in [0.2, 0.25) is 0 Å². The van der Waals surface area contributed by atoms with Crippen LogP contribution in [0.5, 0.6) is 0 Å². The molecular formula is C26H21N3O3S2.